The lowest BCUT2D eigenvalue weighted by Crippen LogP contribution is -2.47. The second-order valence-corrected chi connectivity index (χ2v) is 8.05. The third kappa shape index (κ3) is 5.28. The summed E-state index contributed by atoms with van der Waals surface area (Å²) in [4.78, 5) is 43.0. The maximum absolute atomic E-state index is 12.7. The number of urea groups is 1. The number of likely N-dealkylation sites (tertiary alicyclic amines) is 2. The molecule has 0 saturated carbocycles. The fourth-order valence-electron chi connectivity index (χ4n) is 4.11. The van der Waals surface area contributed by atoms with Gasteiger partial charge in [0.1, 0.15) is 6.04 Å². The highest BCUT2D eigenvalue weighted by Gasteiger charge is 2.36. The predicted molar refractivity (Wildman–Crippen MR) is 113 cm³/mol. The van der Waals surface area contributed by atoms with Crippen LogP contribution < -0.4 is 5.32 Å². The highest BCUT2D eigenvalue weighted by atomic mass is 16.2. The molecule has 1 atom stereocenters. The summed E-state index contributed by atoms with van der Waals surface area (Å²) in [6.07, 6.45) is 4.70. The molecule has 2 fully saturated rings. The Balaban J connectivity index is 1.44. The Morgan fingerprint density at radius 3 is 2.55 bits per heavy atom. The smallest absolute Gasteiger partial charge is 0.321 e. The lowest BCUT2D eigenvalue weighted by atomic mass is 10.1. The standard InChI is InChI=1S/C22H32N4O3/c1-17-9-3-4-10-18(17)23-22(29)24(2)13-8-12-20(27)26-16-7-11-19(26)21(28)25-14-5-6-15-25/h3-4,9-10,19H,5-8,11-16H2,1-2H3,(H,23,29). The number of amides is 4. The monoisotopic (exact) mass is 400 g/mol. The average molecular weight is 401 g/mol. The molecule has 0 aliphatic carbocycles. The van der Waals surface area contributed by atoms with Crippen molar-refractivity contribution in [2.24, 2.45) is 0 Å². The van der Waals surface area contributed by atoms with Crippen molar-refractivity contribution in [3.8, 4) is 0 Å². The lowest BCUT2D eigenvalue weighted by molar-refractivity contribution is -0.143. The fraction of sp³-hybridized carbons (Fsp3) is 0.591. The Kier molecular flexibility index (Phi) is 7.12. The third-order valence-electron chi connectivity index (χ3n) is 5.89. The van der Waals surface area contributed by atoms with Crippen LogP contribution in [0.5, 0.6) is 0 Å². The van der Waals surface area contributed by atoms with Gasteiger partial charge >= 0.3 is 6.03 Å². The van der Waals surface area contributed by atoms with Gasteiger partial charge in [-0.05, 0) is 50.7 Å². The van der Waals surface area contributed by atoms with Crippen LogP contribution in [0.4, 0.5) is 10.5 Å². The van der Waals surface area contributed by atoms with Crippen molar-refractivity contribution in [3.63, 3.8) is 0 Å². The molecule has 4 amide bonds. The molecule has 1 N–H and O–H groups in total. The van der Waals surface area contributed by atoms with E-state index in [1.807, 2.05) is 36.1 Å². The summed E-state index contributed by atoms with van der Waals surface area (Å²) in [7, 11) is 1.73. The van der Waals surface area contributed by atoms with Gasteiger partial charge in [0, 0.05) is 45.3 Å². The van der Waals surface area contributed by atoms with Crippen molar-refractivity contribution in [1.82, 2.24) is 14.7 Å². The van der Waals surface area contributed by atoms with Crippen molar-refractivity contribution >= 4 is 23.5 Å². The molecule has 0 radical (unpaired) electrons. The van der Waals surface area contributed by atoms with Gasteiger partial charge in [0.2, 0.25) is 11.8 Å². The first-order chi connectivity index (χ1) is 14.0. The highest BCUT2D eigenvalue weighted by Crippen LogP contribution is 2.23. The normalized spacial score (nSPS) is 18.8. The summed E-state index contributed by atoms with van der Waals surface area (Å²) in [5.41, 5.74) is 1.80. The topological polar surface area (TPSA) is 73.0 Å². The SMILES string of the molecule is Cc1ccccc1NC(=O)N(C)CCCC(=O)N1CCCC1C(=O)N1CCCC1. The molecule has 0 bridgehead atoms. The van der Waals surface area contributed by atoms with Crippen LogP contribution in [0.1, 0.15) is 44.1 Å². The van der Waals surface area contributed by atoms with Gasteiger partial charge in [0.15, 0.2) is 0 Å². The number of carbonyl (C=O) groups is 3. The molecule has 7 heteroatoms. The second-order valence-electron chi connectivity index (χ2n) is 8.05. The molecule has 3 rings (SSSR count). The van der Waals surface area contributed by atoms with Crippen molar-refractivity contribution < 1.29 is 14.4 Å². The minimum absolute atomic E-state index is 0.0211. The van der Waals surface area contributed by atoms with E-state index in [-0.39, 0.29) is 23.9 Å². The van der Waals surface area contributed by atoms with Crippen LogP contribution in [-0.2, 0) is 9.59 Å². The van der Waals surface area contributed by atoms with E-state index in [0.717, 1.165) is 50.0 Å². The number of para-hydroxylation sites is 1. The first-order valence-electron chi connectivity index (χ1n) is 10.6. The van der Waals surface area contributed by atoms with Gasteiger partial charge < -0.3 is 20.0 Å². The van der Waals surface area contributed by atoms with Gasteiger partial charge in [-0.15, -0.1) is 0 Å². The number of aryl methyl sites for hydroxylation is 1. The zero-order valence-corrected chi connectivity index (χ0v) is 17.5. The Morgan fingerprint density at radius 2 is 1.83 bits per heavy atom. The average Bonchev–Trinajstić information content (AvgIpc) is 3.41. The lowest BCUT2D eigenvalue weighted by Gasteiger charge is -2.28. The minimum atomic E-state index is -0.289. The van der Waals surface area contributed by atoms with Crippen LogP contribution in [0, 0.1) is 6.92 Å². The molecule has 1 aromatic carbocycles. The Morgan fingerprint density at radius 1 is 1.10 bits per heavy atom. The summed E-state index contributed by atoms with van der Waals surface area (Å²) in [5, 5.41) is 2.90. The number of anilines is 1. The Bertz CT molecular complexity index is 745. The summed E-state index contributed by atoms with van der Waals surface area (Å²) in [6, 6.07) is 7.16. The zero-order valence-electron chi connectivity index (χ0n) is 17.5. The summed E-state index contributed by atoms with van der Waals surface area (Å²) in [5.74, 6) is 0.135. The van der Waals surface area contributed by atoms with Gasteiger partial charge in [-0.1, -0.05) is 18.2 Å². The first kappa shape index (κ1) is 21.1. The van der Waals surface area contributed by atoms with Gasteiger partial charge in [0.25, 0.3) is 0 Å². The van der Waals surface area contributed by atoms with Crippen LogP contribution in [-0.4, -0.2) is 71.8 Å². The van der Waals surface area contributed by atoms with Gasteiger partial charge in [-0.3, -0.25) is 9.59 Å². The molecular weight excluding hydrogens is 368 g/mol. The van der Waals surface area contributed by atoms with Crippen LogP contribution >= 0.6 is 0 Å². The van der Waals surface area contributed by atoms with E-state index in [1.54, 1.807) is 16.8 Å². The van der Waals surface area contributed by atoms with Crippen molar-refractivity contribution in [1.29, 1.82) is 0 Å². The van der Waals surface area contributed by atoms with Crippen LogP contribution in [0.2, 0.25) is 0 Å². The first-order valence-corrected chi connectivity index (χ1v) is 10.6. The predicted octanol–water partition coefficient (Wildman–Crippen LogP) is 2.85. The Hall–Kier alpha value is -2.57. The van der Waals surface area contributed by atoms with E-state index in [0.29, 0.717) is 25.9 Å². The van der Waals surface area contributed by atoms with E-state index in [2.05, 4.69) is 5.32 Å². The summed E-state index contributed by atoms with van der Waals surface area (Å²) < 4.78 is 0. The van der Waals surface area contributed by atoms with E-state index in [1.165, 1.54) is 0 Å². The van der Waals surface area contributed by atoms with Gasteiger partial charge in [-0.2, -0.15) is 0 Å². The number of nitrogens with zero attached hydrogens (tertiary/aromatic N) is 3. The number of rotatable bonds is 6. The molecule has 2 saturated heterocycles. The van der Waals surface area contributed by atoms with E-state index < -0.39 is 0 Å². The maximum atomic E-state index is 12.7. The zero-order chi connectivity index (χ0) is 20.8. The number of benzene rings is 1. The van der Waals surface area contributed by atoms with Crippen LogP contribution in [0.3, 0.4) is 0 Å². The highest BCUT2D eigenvalue weighted by molar-refractivity contribution is 5.90. The van der Waals surface area contributed by atoms with Crippen molar-refractivity contribution in [2.75, 3.05) is 38.5 Å². The Labute approximate surface area is 173 Å². The van der Waals surface area contributed by atoms with E-state index in [9.17, 15) is 14.4 Å². The van der Waals surface area contributed by atoms with Crippen molar-refractivity contribution in [3.05, 3.63) is 29.8 Å². The molecule has 2 heterocycles. The molecule has 2 aliphatic heterocycles. The maximum Gasteiger partial charge on any atom is 0.321 e. The third-order valence-corrected chi connectivity index (χ3v) is 5.89. The molecule has 7 nitrogen and oxygen atoms in total. The fourth-order valence-corrected chi connectivity index (χ4v) is 4.11. The molecule has 158 valence electrons. The molecule has 0 spiro atoms. The van der Waals surface area contributed by atoms with Crippen LogP contribution in [0.25, 0.3) is 0 Å². The number of nitrogens with one attached hydrogen (secondary N) is 1. The van der Waals surface area contributed by atoms with E-state index >= 15 is 0 Å². The summed E-state index contributed by atoms with van der Waals surface area (Å²) in [6.45, 7) is 4.73. The van der Waals surface area contributed by atoms with Crippen LogP contribution in [0.15, 0.2) is 24.3 Å². The largest absolute Gasteiger partial charge is 0.341 e. The summed E-state index contributed by atoms with van der Waals surface area (Å²) >= 11 is 0. The second kappa shape index (κ2) is 9.76. The molecule has 1 unspecified atom stereocenters. The van der Waals surface area contributed by atoms with E-state index in [4.69, 9.17) is 0 Å². The quantitative estimate of drug-likeness (QED) is 0.798. The van der Waals surface area contributed by atoms with Gasteiger partial charge in [-0.25, -0.2) is 4.79 Å². The van der Waals surface area contributed by atoms with Gasteiger partial charge in [0.05, 0.1) is 0 Å². The molecule has 2 aliphatic rings. The van der Waals surface area contributed by atoms with Crippen molar-refractivity contribution in [2.45, 2.75) is 51.5 Å². The minimum Gasteiger partial charge on any atom is -0.341 e. The molecule has 1 aromatic rings. The number of hydrogen-bond acceptors (Lipinski definition) is 3. The number of carbonyl (C=O) groups excluding carboxylic acids is 3. The number of hydrogen-bond donors (Lipinski definition) is 1. The molecule has 29 heavy (non-hydrogen) atoms. The molecular formula is C22H32N4O3. The molecule has 0 aromatic heterocycles.